The summed E-state index contributed by atoms with van der Waals surface area (Å²) in [6.07, 6.45) is -1.36. The van der Waals surface area contributed by atoms with E-state index in [1.54, 1.807) is 20.8 Å². The van der Waals surface area contributed by atoms with Gasteiger partial charge in [0.05, 0.1) is 18.8 Å². The lowest BCUT2D eigenvalue weighted by atomic mass is 10.2. The standard InChI is InChI=1S/C17H23NO5.C5H9NO3/c1-17(2,3)23-16(21)18-10-13(19)9-14(18)15(20)22-11-12-7-5-4-6-8-12;7-3-1-4(5(8)9)6-2-3/h4-8,13-14,19H,9-11H2,1-3H3;3-4,6-7H,1-2H2,(H,8,9)/t13-,14-;3-,4-/m01/s1. The summed E-state index contributed by atoms with van der Waals surface area (Å²) in [6.45, 7) is 5.85. The van der Waals surface area contributed by atoms with Gasteiger partial charge in [-0.2, -0.15) is 0 Å². The van der Waals surface area contributed by atoms with Crippen LogP contribution in [0, 0.1) is 0 Å². The second-order valence-corrected chi connectivity index (χ2v) is 8.82. The van der Waals surface area contributed by atoms with Crippen molar-refractivity contribution in [3.05, 3.63) is 35.9 Å². The Morgan fingerprint density at radius 1 is 1.09 bits per heavy atom. The number of ether oxygens (including phenoxy) is 2. The minimum Gasteiger partial charge on any atom is -0.480 e. The third-order valence-corrected chi connectivity index (χ3v) is 4.81. The molecule has 4 atom stereocenters. The first-order chi connectivity index (χ1) is 15.0. The Labute approximate surface area is 187 Å². The van der Waals surface area contributed by atoms with E-state index in [0.717, 1.165) is 5.56 Å². The number of benzene rings is 1. The number of hydrogen-bond acceptors (Lipinski definition) is 8. The third-order valence-electron chi connectivity index (χ3n) is 4.81. The lowest BCUT2D eigenvalue weighted by Crippen LogP contribution is -2.44. The second-order valence-electron chi connectivity index (χ2n) is 8.82. The molecule has 1 aromatic rings. The van der Waals surface area contributed by atoms with E-state index in [-0.39, 0.29) is 19.6 Å². The summed E-state index contributed by atoms with van der Waals surface area (Å²) in [7, 11) is 0. The highest BCUT2D eigenvalue weighted by Gasteiger charge is 2.41. The number of rotatable bonds is 4. The van der Waals surface area contributed by atoms with Crippen molar-refractivity contribution in [2.45, 2.75) is 70.1 Å². The number of likely N-dealkylation sites (tertiary alicyclic amines) is 1. The molecular formula is C22H32N2O8. The van der Waals surface area contributed by atoms with Crippen molar-refractivity contribution in [1.29, 1.82) is 0 Å². The van der Waals surface area contributed by atoms with Crippen molar-refractivity contribution in [3.63, 3.8) is 0 Å². The number of hydrogen-bond donors (Lipinski definition) is 4. The molecule has 2 aliphatic heterocycles. The van der Waals surface area contributed by atoms with Crippen LogP contribution in [0.3, 0.4) is 0 Å². The van der Waals surface area contributed by atoms with E-state index in [1.165, 1.54) is 4.90 Å². The number of amides is 1. The number of esters is 1. The highest BCUT2D eigenvalue weighted by Crippen LogP contribution is 2.22. The molecule has 0 bridgehead atoms. The van der Waals surface area contributed by atoms with Gasteiger partial charge in [0, 0.05) is 19.4 Å². The molecule has 1 amide bonds. The highest BCUT2D eigenvalue weighted by atomic mass is 16.6. The highest BCUT2D eigenvalue weighted by molar-refractivity contribution is 5.82. The van der Waals surface area contributed by atoms with Gasteiger partial charge in [0.15, 0.2) is 0 Å². The van der Waals surface area contributed by atoms with E-state index in [2.05, 4.69) is 5.32 Å². The predicted octanol–water partition coefficient (Wildman–Crippen LogP) is 0.894. The minimum absolute atomic E-state index is 0.0695. The fourth-order valence-corrected chi connectivity index (χ4v) is 3.29. The molecule has 0 spiro atoms. The largest absolute Gasteiger partial charge is 0.480 e. The quantitative estimate of drug-likeness (QED) is 0.489. The monoisotopic (exact) mass is 452 g/mol. The Balaban J connectivity index is 0.000000336. The summed E-state index contributed by atoms with van der Waals surface area (Å²) in [4.78, 5) is 35.9. The van der Waals surface area contributed by atoms with E-state index in [0.29, 0.717) is 13.0 Å². The van der Waals surface area contributed by atoms with E-state index >= 15 is 0 Å². The van der Waals surface area contributed by atoms with Crippen LogP contribution in [-0.2, 0) is 25.7 Å². The molecule has 0 radical (unpaired) electrons. The molecule has 178 valence electrons. The van der Waals surface area contributed by atoms with Gasteiger partial charge in [0.1, 0.15) is 24.3 Å². The van der Waals surface area contributed by atoms with Crippen LogP contribution in [0.15, 0.2) is 30.3 Å². The van der Waals surface area contributed by atoms with E-state index in [4.69, 9.17) is 19.7 Å². The zero-order valence-electron chi connectivity index (χ0n) is 18.6. The number of β-amino-alcohol motifs (C(OH)–C–C–N with tert-alkyl or cyclic N) is 2. The predicted molar refractivity (Wildman–Crippen MR) is 114 cm³/mol. The third kappa shape index (κ3) is 8.10. The van der Waals surface area contributed by atoms with E-state index in [1.807, 2.05) is 30.3 Å². The van der Waals surface area contributed by atoms with Crippen LogP contribution >= 0.6 is 0 Å². The Bertz CT molecular complexity index is 780. The number of carbonyl (C=O) groups excluding carboxylic acids is 2. The fraction of sp³-hybridized carbons (Fsp3) is 0.591. The molecule has 10 heteroatoms. The van der Waals surface area contributed by atoms with Gasteiger partial charge in [-0.05, 0) is 26.3 Å². The van der Waals surface area contributed by atoms with Gasteiger partial charge in [0.25, 0.3) is 0 Å². The Morgan fingerprint density at radius 3 is 2.25 bits per heavy atom. The Kier molecular flexibility index (Phi) is 8.99. The number of carboxylic acids is 1. The molecule has 0 saturated carbocycles. The smallest absolute Gasteiger partial charge is 0.411 e. The number of nitrogens with one attached hydrogen (secondary N) is 1. The van der Waals surface area contributed by atoms with E-state index < -0.39 is 47.9 Å². The van der Waals surface area contributed by atoms with Crippen LogP contribution < -0.4 is 5.32 Å². The zero-order valence-corrected chi connectivity index (χ0v) is 18.6. The number of aliphatic carboxylic acids is 1. The molecule has 2 saturated heterocycles. The molecule has 0 aliphatic carbocycles. The summed E-state index contributed by atoms with van der Waals surface area (Å²) in [5, 5.41) is 29.6. The van der Waals surface area contributed by atoms with Gasteiger partial charge in [0.2, 0.25) is 0 Å². The van der Waals surface area contributed by atoms with Gasteiger partial charge in [-0.15, -0.1) is 0 Å². The first-order valence-electron chi connectivity index (χ1n) is 10.5. The van der Waals surface area contributed by atoms with Crippen molar-refractivity contribution in [2.24, 2.45) is 0 Å². The lowest BCUT2D eigenvalue weighted by Gasteiger charge is -2.27. The van der Waals surface area contributed by atoms with Crippen molar-refractivity contribution < 1.29 is 39.2 Å². The topological polar surface area (TPSA) is 146 Å². The molecule has 2 aliphatic rings. The average molecular weight is 453 g/mol. The molecule has 4 N–H and O–H groups in total. The SMILES string of the molecule is CC(C)(C)OC(=O)N1C[C@@H](O)C[C@H]1C(=O)OCc1ccccc1.O=C(O)[C@H]1C[C@@H](O)CN1. The maximum Gasteiger partial charge on any atom is 0.411 e. The molecule has 32 heavy (non-hydrogen) atoms. The van der Waals surface area contributed by atoms with Crippen molar-refractivity contribution in [1.82, 2.24) is 10.2 Å². The molecule has 2 heterocycles. The summed E-state index contributed by atoms with van der Waals surface area (Å²) in [5.74, 6) is -1.41. The molecule has 3 rings (SSSR count). The summed E-state index contributed by atoms with van der Waals surface area (Å²) < 4.78 is 10.6. The number of carboxylic acid groups (broad SMARTS) is 1. The van der Waals surface area contributed by atoms with Crippen LogP contribution in [-0.4, -0.2) is 81.2 Å². The van der Waals surface area contributed by atoms with Crippen molar-refractivity contribution >= 4 is 18.0 Å². The zero-order chi connectivity index (χ0) is 23.9. The van der Waals surface area contributed by atoms with Crippen LogP contribution in [0.25, 0.3) is 0 Å². The Hall–Kier alpha value is -2.69. The molecule has 2 fully saturated rings. The average Bonchev–Trinajstić information content (AvgIpc) is 3.32. The van der Waals surface area contributed by atoms with Crippen LogP contribution in [0.2, 0.25) is 0 Å². The molecule has 0 aromatic heterocycles. The summed E-state index contributed by atoms with van der Waals surface area (Å²) >= 11 is 0. The first kappa shape index (κ1) is 25.6. The van der Waals surface area contributed by atoms with Gasteiger partial charge >= 0.3 is 18.0 Å². The van der Waals surface area contributed by atoms with Gasteiger partial charge in [-0.1, -0.05) is 30.3 Å². The number of nitrogens with zero attached hydrogens (tertiary/aromatic N) is 1. The number of aliphatic hydroxyl groups is 2. The van der Waals surface area contributed by atoms with Crippen molar-refractivity contribution in [2.75, 3.05) is 13.1 Å². The summed E-state index contributed by atoms with van der Waals surface area (Å²) in [6, 6.07) is 7.93. The molecule has 1 aromatic carbocycles. The lowest BCUT2D eigenvalue weighted by molar-refractivity contribution is -0.150. The maximum absolute atomic E-state index is 12.3. The fourth-order valence-electron chi connectivity index (χ4n) is 3.29. The van der Waals surface area contributed by atoms with Gasteiger partial charge in [-0.25, -0.2) is 9.59 Å². The number of aliphatic hydroxyl groups excluding tert-OH is 2. The van der Waals surface area contributed by atoms with E-state index in [9.17, 15) is 19.5 Å². The van der Waals surface area contributed by atoms with Crippen LogP contribution in [0.5, 0.6) is 0 Å². The van der Waals surface area contributed by atoms with Crippen LogP contribution in [0.4, 0.5) is 4.79 Å². The minimum atomic E-state index is -0.883. The first-order valence-corrected chi connectivity index (χ1v) is 10.5. The van der Waals surface area contributed by atoms with Crippen LogP contribution in [0.1, 0.15) is 39.2 Å². The molecule has 10 nitrogen and oxygen atoms in total. The molecule has 0 unspecified atom stereocenters. The Morgan fingerprint density at radius 2 is 1.75 bits per heavy atom. The number of carbonyl (C=O) groups is 3. The van der Waals surface area contributed by atoms with Gasteiger partial charge in [-0.3, -0.25) is 9.69 Å². The second kappa shape index (κ2) is 11.3. The van der Waals surface area contributed by atoms with Crippen molar-refractivity contribution in [3.8, 4) is 0 Å². The van der Waals surface area contributed by atoms with Gasteiger partial charge < -0.3 is 30.1 Å². The maximum atomic E-state index is 12.3. The molecular weight excluding hydrogens is 420 g/mol. The normalized spacial score (nSPS) is 25.0. The summed E-state index contributed by atoms with van der Waals surface area (Å²) in [5.41, 5.74) is 0.201.